The molecular weight excluding hydrogens is 278 g/mol. The zero-order valence-electron chi connectivity index (χ0n) is 13.8. The molecule has 1 N–H and O–H groups in total. The number of likely N-dealkylation sites (tertiary alicyclic amines) is 1. The van der Waals surface area contributed by atoms with Gasteiger partial charge in [-0.05, 0) is 50.6 Å². The van der Waals surface area contributed by atoms with E-state index in [9.17, 15) is 4.79 Å². The lowest BCUT2D eigenvalue weighted by molar-refractivity contribution is -0.133. The van der Waals surface area contributed by atoms with Gasteiger partial charge < -0.3 is 15.0 Å². The number of morpholine rings is 1. The second-order valence-corrected chi connectivity index (χ2v) is 7.13. The molecule has 3 aliphatic heterocycles. The van der Waals surface area contributed by atoms with Crippen LogP contribution in [0.15, 0.2) is 0 Å². The van der Waals surface area contributed by atoms with Crippen molar-refractivity contribution in [1.82, 2.24) is 15.1 Å². The molecule has 126 valence electrons. The molecule has 3 fully saturated rings. The molecule has 5 nitrogen and oxygen atoms in total. The molecule has 3 rings (SSSR count). The average Bonchev–Trinajstić information content (AvgIpc) is 3.08. The van der Waals surface area contributed by atoms with Gasteiger partial charge in [0, 0.05) is 39.1 Å². The summed E-state index contributed by atoms with van der Waals surface area (Å²) >= 11 is 0. The van der Waals surface area contributed by atoms with Crippen LogP contribution >= 0.6 is 0 Å². The van der Waals surface area contributed by atoms with Crippen molar-refractivity contribution in [2.24, 2.45) is 11.8 Å². The Morgan fingerprint density at radius 2 is 1.82 bits per heavy atom. The predicted octanol–water partition coefficient (Wildman–Crippen LogP) is 0.947. The third kappa shape index (κ3) is 4.67. The molecule has 0 bridgehead atoms. The van der Waals surface area contributed by atoms with E-state index in [1.165, 1.54) is 25.8 Å². The third-order valence-electron chi connectivity index (χ3n) is 5.52. The molecule has 5 heteroatoms. The third-order valence-corrected chi connectivity index (χ3v) is 5.52. The number of amides is 1. The second kappa shape index (κ2) is 8.27. The maximum atomic E-state index is 12.3. The SMILES string of the molecule is O=C(CCC1CCNC1)N1CCC(CN2CCOCC2)CC1. The largest absolute Gasteiger partial charge is 0.379 e. The number of hydrogen-bond acceptors (Lipinski definition) is 4. The lowest BCUT2D eigenvalue weighted by atomic mass is 9.95. The molecule has 22 heavy (non-hydrogen) atoms. The molecule has 0 radical (unpaired) electrons. The quantitative estimate of drug-likeness (QED) is 0.821. The minimum atomic E-state index is 0.386. The Labute approximate surface area is 134 Å². The van der Waals surface area contributed by atoms with Gasteiger partial charge in [-0.1, -0.05) is 0 Å². The number of nitrogens with one attached hydrogen (secondary N) is 1. The molecule has 0 aliphatic carbocycles. The van der Waals surface area contributed by atoms with Gasteiger partial charge in [0.15, 0.2) is 0 Å². The Hall–Kier alpha value is -0.650. The summed E-state index contributed by atoms with van der Waals surface area (Å²) < 4.78 is 5.41. The van der Waals surface area contributed by atoms with Crippen molar-refractivity contribution in [3.63, 3.8) is 0 Å². The van der Waals surface area contributed by atoms with Gasteiger partial charge in [-0.3, -0.25) is 9.69 Å². The summed E-state index contributed by atoms with van der Waals surface area (Å²) in [6.07, 6.45) is 5.41. The van der Waals surface area contributed by atoms with Crippen molar-refractivity contribution in [1.29, 1.82) is 0 Å². The minimum Gasteiger partial charge on any atom is -0.379 e. The zero-order valence-corrected chi connectivity index (χ0v) is 13.8. The first-order valence-electron chi connectivity index (χ1n) is 9.10. The highest BCUT2D eigenvalue weighted by Gasteiger charge is 2.25. The van der Waals surface area contributed by atoms with Gasteiger partial charge in [-0.2, -0.15) is 0 Å². The zero-order chi connectivity index (χ0) is 15.2. The Balaban J connectivity index is 1.32. The number of rotatable bonds is 5. The fourth-order valence-corrected chi connectivity index (χ4v) is 3.96. The van der Waals surface area contributed by atoms with E-state index in [0.717, 1.165) is 77.2 Å². The number of hydrogen-bond donors (Lipinski definition) is 1. The number of carbonyl (C=O) groups is 1. The van der Waals surface area contributed by atoms with Gasteiger partial charge in [0.05, 0.1) is 13.2 Å². The van der Waals surface area contributed by atoms with E-state index in [0.29, 0.717) is 5.91 Å². The van der Waals surface area contributed by atoms with E-state index >= 15 is 0 Å². The van der Waals surface area contributed by atoms with Crippen LogP contribution in [0, 0.1) is 11.8 Å². The van der Waals surface area contributed by atoms with E-state index < -0.39 is 0 Å². The lowest BCUT2D eigenvalue weighted by Gasteiger charge is -2.36. The molecule has 3 saturated heterocycles. The summed E-state index contributed by atoms with van der Waals surface area (Å²) in [5.74, 6) is 1.88. The van der Waals surface area contributed by atoms with Crippen LogP contribution in [0.25, 0.3) is 0 Å². The monoisotopic (exact) mass is 309 g/mol. The molecule has 0 aromatic heterocycles. The summed E-state index contributed by atoms with van der Waals surface area (Å²) in [4.78, 5) is 17.0. The highest BCUT2D eigenvalue weighted by Crippen LogP contribution is 2.21. The first-order chi connectivity index (χ1) is 10.8. The van der Waals surface area contributed by atoms with Crippen molar-refractivity contribution < 1.29 is 9.53 Å². The summed E-state index contributed by atoms with van der Waals surface area (Å²) in [5, 5.41) is 3.38. The average molecular weight is 309 g/mol. The van der Waals surface area contributed by atoms with Crippen molar-refractivity contribution in [2.75, 3.05) is 59.0 Å². The topological polar surface area (TPSA) is 44.8 Å². The van der Waals surface area contributed by atoms with E-state index in [-0.39, 0.29) is 0 Å². The van der Waals surface area contributed by atoms with E-state index in [1.54, 1.807) is 0 Å². The molecule has 3 aliphatic rings. The summed E-state index contributed by atoms with van der Waals surface area (Å²) in [6.45, 7) is 9.29. The molecule has 3 heterocycles. The fourth-order valence-electron chi connectivity index (χ4n) is 3.96. The van der Waals surface area contributed by atoms with Crippen LogP contribution in [-0.4, -0.2) is 74.7 Å². The predicted molar refractivity (Wildman–Crippen MR) is 86.8 cm³/mol. The molecule has 1 amide bonds. The van der Waals surface area contributed by atoms with Crippen LogP contribution < -0.4 is 5.32 Å². The van der Waals surface area contributed by atoms with Crippen molar-refractivity contribution >= 4 is 5.91 Å². The lowest BCUT2D eigenvalue weighted by Crippen LogP contribution is -2.44. The first-order valence-corrected chi connectivity index (χ1v) is 9.10. The molecule has 1 unspecified atom stereocenters. The Morgan fingerprint density at radius 1 is 1.05 bits per heavy atom. The molecule has 0 spiro atoms. The molecular formula is C17H31N3O2. The number of piperidine rings is 1. The Morgan fingerprint density at radius 3 is 2.50 bits per heavy atom. The molecule has 0 aromatic rings. The van der Waals surface area contributed by atoms with E-state index in [2.05, 4.69) is 15.1 Å². The van der Waals surface area contributed by atoms with Crippen LogP contribution in [0.2, 0.25) is 0 Å². The summed E-state index contributed by atoms with van der Waals surface area (Å²) in [6, 6.07) is 0. The van der Waals surface area contributed by atoms with Gasteiger partial charge >= 0.3 is 0 Å². The van der Waals surface area contributed by atoms with Crippen molar-refractivity contribution in [3.05, 3.63) is 0 Å². The highest BCUT2D eigenvalue weighted by atomic mass is 16.5. The second-order valence-electron chi connectivity index (χ2n) is 7.13. The standard InChI is InChI=1S/C17H31N3O2/c21-17(2-1-15-3-6-18-13-15)20-7-4-16(5-8-20)14-19-9-11-22-12-10-19/h15-16,18H,1-14H2. The van der Waals surface area contributed by atoms with Crippen molar-refractivity contribution in [3.8, 4) is 0 Å². The van der Waals surface area contributed by atoms with E-state index in [1.807, 2.05) is 0 Å². The number of nitrogens with zero attached hydrogens (tertiary/aromatic N) is 2. The van der Waals surface area contributed by atoms with Crippen LogP contribution in [0.4, 0.5) is 0 Å². The van der Waals surface area contributed by atoms with Gasteiger partial charge in [0.25, 0.3) is 0 Å². The molecule has 0 saturated carbocycles. The van der Waals surface area contributed by atoms with Crippen molar-refractivity contribution in [2.45, 2.75) is 32.1 Å². The van der Waals surface area contributed by atoms with E-state index in [4.69, 9.17) is 4.74 Å². The number of carbonyl (C=O) groups excluding carboxylic acids is 1. The van der Waals surface area contributed by atoms with Gasteiger partial charge in [-0.25, -0.2) is 0 Å². The van der Waals surface area contributed by atoms with Crippen LogP contribution in [0.1, 0.15) is 32.1 Å². The minimum absolute atomic E-state index is 0.386. The molecule has 1 atom stereocenters. The summed E-state index contributed by atoms with van der Waals surface area (Å²) in [5.41, 5.74) is 0. The smallest absolute Gasteiger partial charge is 0.222 e. The maximum absolute atomic E-state index is 12.3. The van der Waals surface area contributed by atoms with Crippen LogP contribution in [0.5, 0.6) is 0 Å². The Kier molecular flexibility index (Phi) is 6.10. The fraction of sp³-hybridized carbons (Fsp3) is 0.941. The molecule has 0 aromatic carbocycles. The normalized spacial score (nSPS) is 28.2. The maximum Gasteiger partial charge on any atom is 0.222 e. The van der Waals surface area contributed by atoms with Gasteiger partial charge in [0.1, 0.15) is 0 Å². The van der Waals surface area contributed by atoms with Crippen LogP contribution in [-0.2, 0) is 9.53 Å². The van der Waals surface area contributed by atoms with Gasteiger partial charge in [-0.15, -0.1) is 0 Å². The highest BCUT2D eigenvalue weighted by molar-refractivity contribution is 5.76. The van der Waals surface area contributed by atoms with Gasteiger partial charge in [0.2, 0.25) is 5.91 Å². The Bertz CT molecular complexity index is 344. The number of ether oxygens (including phenoxy) is 1. The summed E-state index contributed by atoms with van der Waals surface area (Å²) in [7, 11) is 0. The van der Waals surface area contributed by atoms with Crippen LogP contribution in [0.3, 0.4) is 0 Å². The first kappa shape index (κ1) is 16.2.